The van der Waals surface area contributed by atoms with Gasteiger partial charge in [-0.3, -0.25) is 9.59 Å². The van der Waals surface area contributed by atoms with E-state index in [0.717, 1.165) is 0 Å². The Bertz CT molecular complexity index is 609. The number of carbonyl (C=O) groups is 2. The zero-order valence-corrected chi connectivity index (χ0v) is 12.6. The molecule has 0 aromatic heterocycles. The summed E-state index contributed by atoms with van der Waals surface area (Å²) in [6.45, 7) is 0. The molecule has 0 amide bonds. The summed E-state index contributed by atoms with van der Waals surface area (Å²) in [7, 11) is -5.86. The van der Waals surface area contributed by atoms with Crippen molar-refractivity contribution < 1.29 is 40.5 Å². The van der Waals surface area contributed by atoms with Crippen LogP contribution in [0.25, 0.3) is 0 Å². The van der Waals surface area contributed by atoms with Gasteiger partial charge >= 0.3 is 12.1 Å². The fourth-order valence-electron chi connectivity index (χ4n) is 4.47. The Morgan fingerprint density at radius 3 is 1.91 bits per heavy atom. The zero-order valence-electron chi connectivity index (χ0n) is 11.8. The minimum Gasteiger partial charge on any atom is -0.745 e. The van der Waals surface area contributed by atoms with Gasteiger partial charge in [-0.25, -0.2) is 8.42 Å². The fraction of sp³-hybridized carbons (Fsp3) is 0.846. The molecule has 0 aromatic carbocycles. The van der Waals surface area contributed by atoms with E-state index in [4.69, 9.17) is 0 Å². The second kappa shape index (κ2) is 5.17. The van der Waals surface area contributed by atoms with Crippen LogP contribution in [0.4, 0.5) is 13.2 Å². The summed E-state index contributed by atoms with van der Waals surface area (Å²) < 4.78 is 74.3. The Morgan fingerprint density at radius 1 is 1.13 bits per heavy atom. The van der Waals surface area contributed by atoms with Gasteiger partial charge in [-0.05, 0) is 37.5 Å². The van der Waals surface area contributed by atoms with Crippen molar-refractivity contribution in [3.05, 3.63) is 0 Å². The number of hydrogen-bond donors (Lipinski definition) is 0. The smallest absolute Gasteiger partial charge is 0.439 e. The Hall–Kier alpha value is -1.16. The first-order chi connectivity index (χ1) is 10.5. The average Bonchev–Trinajstić information content (AvgIpc) is 2.37. The highest BCUT2D eigenvalue weighted by Crippen LogP contribution is 2.55. The van der Waals surface area contributed by atoms with Crippen LogP contribution in [-0.4, -0.2) is 36.3 Å². The van der Waals surface area contributed by atoms with Crippen LogP contribution in [0.5, 0.6) is 0 Å². The first-order valence-electron chi connectivity index (χ1n) is 7.24. The van der Waals surface area contributed by atoms with Crippen molar-refractivity contribution in [2.24, 2.45) is 29.6 Å². The maximum absolute atomic E-state index is 12.7. The number of hydrogen-bond acceptors (Lipinski definition) is 6. The third-order valence-corrected chi connectivity index (χ3v) is 6.08. The van der Waals surface area contributed by atoms with Gasteiger partial charge in [-0.15, -0.1) is 0 Å². The van der Waals surface area contributed by atoms with Crippen LogP contribution >= 0.6 is 0 Å². The highest BCUT2D eigenvalue weighted by molar-refractivity contribution is 7.86. The van der Waals surface area contributed by atoms with E-state index in [-0.39, 0.29) is 29.5 Å². The van der Waals surface area contributed by atoms with Crippen LogP contribution in [0.3, 0.4) is 0 Å². The van der Waals surface area contributed by atoms with Crippen LogP contribution in [0.15, 0.2) is 0 Å². The first-order valence-corrected chi connectivity index (χ1v) is 8.71. The van der Waals surface area contributed by atoms with Crippen LogP contribution in [0.2, 0.25) is 0 Å². The summed E-state index contributed by atoms with van der Waals surface area (Å²) in [4.78, 5) is 24.0. The van der Waals surface area contributed by atoms with Crippen molar-refractivity contribution >= 4 is 21.9 Å². The largest absolute Gasteiger partial charge is 0.745 e. The van der Waals surface area contributed by atoms with E-state index in [1.54, 1.807) is 0 Å². The van der Waals surface area contributed by atoms with Crippen LogP contribution in [-0.2, 0) is 24.4 Å². The van der Waals surface area contributed by atoms with E-state index in [1.807, 2.05) is 0 Å². The molecule has 0 saturated heterocycles. The average molecular weight is 355 g/mol. The summed E-state index contributed by atoms with van der Waals surface area (Å²) in [5.41, 5.74) is -3.68. The highest BCUT2D eigenvalue weighted by atomic mass is 32.2. The molecule has 4 fully saturated rings. The third kappa shape index (κ3) is 2.86. The summed E-state index contributed by atoms with van der Waals surface area (Å²) >= 11 is 0. The molecule has 4 aliphatic rings. The number of esters is 1. The molecule has 4 saturated carbocycles. The van der Waals surface area contributed by atoms with Crippen molar-refractivity contribution in [2.75, 3.05) is 0 Å². The van der Waals surface area contributed by atoms with Gasteiger partial charge in [-0.1, -0.05) is 0 Å². The van der Waals surface area contributed by atoms with E-state index in [0.29, 0.717) is 25.7 Å². The number of halogens is 3. The molecule has 4 aliphatic carbocycles. The number of alkyl halides is 3. The van der Waals surface area contributed by atoms with Crippen LogP contribution < -0.4 is 0 Å². The molecule has 1 atom stereocenters. The molecule has 10 heteroatoms. The lowest BCUT2D eigenvalue weighted by Gasteiger charge is -2.52. The number of carbonyl (C=O) groups excluding carboxylic acids is 2. The summed E-state index contributed by atoms with van der Waals surface area (Å²) in [5.74, 6) is -2.92. The Labute approximate surface area is 130 Å². The molecule has 0 aromatic rings. The zero-order chi connectivity index (χ0) is 17.2. The molecule has 0 heterocycles. The van der Waals surface area contributed by atoms with Gasteiger partial charge in [0.25, 0.3) is 5.44 Å². The topological polar surface area (TPSA) is 101 Å². The lowest BCUT2D eigenvalue weighted by molar-refractivity contribution is -0.208. The van der Waals surface area contributed by atoms with Crippen molar-refractivity contribution in [1.29, 1.82) is 0 Å². The van der Waals surface area contributed by atoms with Crippen molar-refractivity contribution in [2.45, 2.75) is 37.3 Å². The molecule has 0 spiro atoms. The van der Waals surface area contributed by atoms with Crippen LogP contribution in [0.1, 0.15) is 25.7 Å². The van der Waals surface area contributed by atoms with E-state index in [1.165, 1.54) is 0 Å². The Kier molecular flexibility index (Phi) is 3.75. The second-order valence-electron chi connectivity index (χ2n) is 6.59. The third-order valence-electron chi connectivity index (χ3n) is 5.19. The van der Waals surface area contributed by atoms with Crippen LogP contribution in [0, 0.1) is 29.6 Å². The lowest BCUT2D eigenvalue weighted by atomic mass is 9.51. The van der Waals surface area contributed by atoms with Gasteiger partial charge < -0.3 is 9.29 Å². The Morgan fingerprint density at radius 2 is 1.57 bits per heavy atom. The predicted octanol–water partition coefficient (Wildman–Crippen LogP) is 1.21. The van der Waals surface area contributed by atoms with Gasteiger partial charge in [0, 0.05) is 11.8 Å². The van der Waals surface area contributed by atoms with Crippen molar-refractivity contribution in [3.63, 3.8) is 0 Å². The maximum atomic E-state index is 12.7. The molecule has 130 valence electrons. The quantitative estimate of drug-likeness (QED) is 0.557. The molecular weight excluding hydrogens is 341 g/mol. The van der Waals surface area contributed by atoms with E-state index >= 15 is 0 Å². The predicted molar refractivity (Wildman–Crippen MR) is 66.6 cm³/mol. The molecule has 6 nitrogen and oxygen atoms in total. The van der Waals surface area contributed by atoms with Crippen molar-refractivity contribution in [3.8, 4) is 0 Å². The summed E-state index contributed by atoms with van der Waals surface area (Å²) in [6, 6.07) is 0. The van der Waals surface area contributed by atoms with E-state index in [9.17, 15) is 35.7 Å². The van der Waals surface area contributed by atoms with Crippen molar-refractivity contribution in [1.82, 2.24) is 0 Å². The number of Topliss-reactive ketones (excluding diaryl/α,β-unsaturated/α-hetero) is 1. The summed E-state index contributed by atoms with van der Waals surface area (Å²) in [5, 5.41) is 0. The van der Waals surface area contributed by atoms with E-state index < -0.39 is 33.6 Å². The molecule has 1 unspecified atom stereocenters. The van der Waals surface area contributed by atoms with Gasteiger partial charge in [0.1, 0.15) is 15.9 Å². The minimum atomic E-state index is -5.86. The fourth-order valence-corrected chi connectivity index (χ4v) is 5.01. The monoisotopic (exact) mass is 355 g/mol. The molecule has 4 rings (SSSR count). The molecule has 23 heavy (non-hydrogen) atoms. The molecule has 0 N–H and O–H groups in total. The Balaban J connectivity index is 1.78. The van der Waals surface area contributed by atoms with Gasteiger partial charge in [-0.2, -0.15) is 13.2 Å². The van der Waals surface area contributed by atoms with E-state index in [2.05, 4.69) is 4.74 Å². The molecular formula is C13H14F3O6S-. The van der Waals surface area contributed by atoms with Gasteiger partial charge in [0.05, 0.1) is 5.92 Å². The number of ether oxygens (including phenoxy) is 1. The minimum absolute atomic E-state index is 0.152. The second-order valence-corrected chi connectivity index (χ2v) is 8.00. The first kappa shape index (κ1) is 16.7. The standard InChI is InChI=1S/C13H15F3O6S/c14-13(15,16)12(23(19,20)21)22-11(18)9-5-1-7-3-6(9)4-8(2-5)10(7)17/h5-9,12H,1-4H2,(H,19,20,21)/p-1. The normalized spacial score (nSPS) is 37.7. The lowest BCUT2D eigenvalue weighted by Crippen LogP contribution is -2.54. The van der Waals surface area contributed by atoms with Gasteiger partial charge in [0.15, 0.2) is 0 Å². The number of ketones is 1. The number of rotatable bonds is 3. The molecule has 0 aliphatic heterocycles. The maximum Gasteiger partial charge on any atom is 0.439 e. The van der Waals surface area contributed by atoms with Gasteiger partial charge in [0.2, 0.25) is 0 Å². The molecule has 4 bridgehead atoms. The SMILES string of the molecule is O=C1C2CC3CC1CC(C2)C3C(=O)OC(C(F)(F)F)S(=O)(=O)[O-]. The molecule has 0 radical (unpaired) electrons. The summed E-state index contributed by atoms with van der Waals surface area (Å²) in [6.07, 6.45) is -3.84. The highest BCUT2D eigenvalue weighted by Gasteiger charge is 2.57.